The minimum absolute atomic E-state index is 0.00324. The van der Waals surface area contributed by atoms with Crippen molar-refractivity contribution in [3.63, 3.8) is 0 Å². The molecular formula is C27H28N2O3. The molecule has 0 atom stereocenters. The first kappa shape index (κ1) is 21.6. The monoisotopic (exact) mass is 428 g/mol. The second-order valence-corrected chi connectivity index (χ2v) is 7.99. The van der Waals surface area contributed by atoms with E-state index in [0.717, 1.165) is 16.7 Å². The van der Waals surface area contributed by atoms with E-state index in [-0.39, 0.29) is 17.7 Å². The van der Waals surface area contributed by atoms with Crippen molar-refractivity contribution in [3.8, 4) is 5.75 Å². The molecule has 2 amide bonds. The molecule has 0 aliphatic carbocycles. The van der Waals surface area contributed by atoms with Gasteiger partial charge in [0.2, 0.25) is 11.8 Å². The summed E-state index contributed by atoms with van der Waals surface area (Å²) < 4.78 is 5.79. The number of amides is 2. The summed E-state index contributed by atoms with van der Waals surface area (Å²) in [5.74, 6) is 0.779. The smallest absolute Gasteiger partial charge is 0.246 e. The molecule has 4 rings (SSSR count). The quantitative estimate of drug-likeness (QED) is 0.451. The molecule has 5 heteroatoms. The van der Waals surface area contributed by atoms with Crippen LogP contribution in [0.25, 0.3) is 16.8 Å². The summed E-state index contributed by atoms with van der Waals surface area (Å²) in [5, 5.41) is 5.28. The van der Waals surface area contributed by atoms with Crippen LogP contribution in [0.2, 0.25) is 0 Å². The van der Waals surface area contributed by atoms with Crippen LogP contribution in [0.3, 0.4) is 0 Å². The van der Waals surface area contributed by atoms with Gasteiger partial charge in [-0.15, -0.1) is 0 Å². The van der Waals surface area contributed by atoms with Gasteiger partial charge >= 0.3 is 0 Å². The largest absolute Gasteiger partial charge is 0.492 e. The van der Waals surface area contributed by atoms with Crippen LogP contribution in [-0.2, 0) is 9.59 Å². The molecule has 1 heterocycles. The number of nitrogens with zero attached hydrogens (tertiary/aromatic N) is 1. The number of carbonyl (C=O) groups excluding carboxylic acids is 2. The lowest BCUT2D eigenvalue weighted by Gasteiger charge is -2.30. The van der Waals surface area contributed by atoms with Crippen molar-refractivity contribution < 1.29 is 14.3 Å². The van der Waals surface area contributed by atoms with Crippen molar-refractivity contribution in [2.24, 2.45) is 5.92 Å². The normalized spacial score (nSPS) is 14.6. The van der Waals surface area contributed by atoms with Crippen LogP contribution in [0.15, 0.2) is 78.9 Å². The minimum atomic E-state index is -0.0576. The van der Waals surface area contributed by atoms with Crippen molar-refractivity contribution >= 4 is 28.7 Å². The molecule has 0 saturated carbocycles. The Balaban J connectivity index is 1.16. The zero-order valence-electron chi connectivity index (χ0n) is 18.1. The highest BCUT2D eigenvalue weighted by atomic mass is 16.5. The number of carbonyl (C=O) groups is 2. The number of rotatable bonds is 7. The van der Waals surface area contributed by atoms with E-state index in [1.807, 2.05) is 71.6 Å². The SMILES string of the molecule is O=C(NCCOc1ccc2ccccc2c1)C1CCN(C(=O)C=Cc2ccccc2)CC1. The van der Waals surface area contributed by atoms with Crippen molar-refractivity contribution in [2.75, 3.05) is 26.2 Å². The predicted molar refractivity (Wildman–Crippen MR) is 127 cm³/mol. The van der Waals surface area contributed by atoms with E-state index in [2.05, 4.69) is 17.4 Å². The fraction of sp³-hybridized carbons (Fsp3) is 0.259. The lowest BCUT2D eigenvalue weighted by Crippen LogP contribution is -2.43. The van der Waals surface area contributed by atoms with Crippen LogP contribution in [0.4, 0.5) is 0 Å². The molecule has 1 aliphatic rings. The molecule has 0 spiro atoms. The first-order valence-corrected chi connectivity index (χ1v) is 11.1. The molecule has 164 valence electrons. The molecule has 3 aromatic carbocycles. The van der Waals surface area contributed by atoms with Crippen molar-refractivity contribution in [2.45, 2.75) is 12.8 Å². The molecule has 1 saturated heterocycles. The van der Waals surface area contributed by atoms with Gasteiger partial charge < -0.3 is 15.0 Å². The summed E-state index contributed by atoms with van der Waals surface area (Å²) in [6, 6.07) is 23.9. The second kappa shape index (κ2) is 10.6. The maximum atomic E-state index is 12.5. The molecule has 0 aromatic heterocycles. The van der Waals surface area contributed by atoms with Gasteiger partial charge in [-0.3, -0.25) is 9.59 Å². The van der Waals surface area contributed by atoms with Crippen LogP contribution in [0.1, 0.15) is 18.4 Å². The zero-order chi connectivity index (χ0) is 22.2. The van der Waals surface area contributed by atoms with Gasteiger partial charge in [-0.1, -0.05) is 60.7 Å². The van der Waals surface area contributed by atoms with Crippen LogP contribution in [0.5, 0.6) is 5.75 Å². The number of hydrogen-bond donors (Lipinski definition) is 1. The predicted octanol–water partition coefficient (Wildman–Crippen LogP) is 4.29. The van der Waals surface area contributed by atoms with Crippen molar-refractivity contribution in [3.05, 3.63) is 84.4 Å². The van der Waals surface area contributed by atoms with Crippen molar-refractivity contribution in [1.29, 1.82) is 0 Å². The van der Waals surface area contributed by atoms with Gasteiger partial charge in [0.15, 0.2) is 0 Å². The Morgan fingerprint density at radius 1 is 0.938 bits per heavy atom. The Morgan fingerprint density at radius 2 is 1.66 bits per heavy atom. The highest BCUT2D eigenvalue weighted by Gasteiger charge is 2.26. The number of benzene rings is 3. The first-order valence-electron chi connectivity index (χ1n) is 11.1. The van der Waals surface area contributed by atoms with E-state index in [1.165, 1.54) is 5.39 Å². The fourth-order valence-corrected chi connectivity index (χ4v) is 3.94. The van der Waals surface area contributed by atoms with E-state index in [0.29, 0.717) is 39.1 Å². The first-order chi connectivity index (χ1) is 15.7. The van der Waals surface area contributed by atoms with E-state index in [9.17, 15) is 9.59 Å². The lowest BCUT2D eigenvalue weighted by molar-refractivity contribution is -0.132. The molecule has 1 N–H and O–H groups in total. The molecule has 5 nitrogen and oxygen atoms in total. The third-order valence-corrected chi connectivity index (χ3v) is 5.79. The topological polar surface area (TPSA) is 58.6 Å². The molecule has 0 unspecified atom stereocenters. The Kier molecular flexibility index (Phi) is 7.18. The maximum absolute atomic E-state index is 12.5. The number of piperidine rings is 1. The minimum Gasteiger partial charge on any atom is -0.492 e. The van der Waals surface area contributed by atoms with Crippen LogP contribution in [0, 0.1) is 5.92 Å². The summed E-state index contributed by atoms with van der Waals surface area (Å²) in [6.45, 7) is 2.09. The van der Waals surface area contributed by atoms with Gasteiger partial charge in [0.25, 0.3) is 0 Å². The second-order valence-electron chi connectivity index (χ2n) is 7.99. The van der Waals surface area contributed by atoms with Crippen LogP contribution < -0.4 is 10.1 Å². The van der Waals surface area contributed by atoms with E-state index < -0.39 is 0 Å². The Bertz CT molecular complexity index is 1090. The molecule has 0 radical (unpaired) electrons. The molecule has 3 aromatic rings. The van der Waals surface area contributed by atoms with Gasteiger partial charge in [-0.25, -0.2) is 0 Å². The Morgan fingerprint density at radius 3 is 2.44 bits per heavy atom. The molecule has 1 aliphatic heterocycles. The zero-order valence-corrected chi connectivity index (χ0v) is 18.1. The van der Waals surface area contributed by atoms with E-state index >= 15 is 0 Å². The highest BCUT2D eigenvalue weighted by molar-refractivity contribution is 5.92. The maximum Gasteiger partial charge on any atom is 0.246 e. The summed E-state index contributed by atoms with van der Waals surface area (Å²) >= 11 is 0. The van der Waals surface area contributed by atoms with Gasteiger partial charge in [0.1, 0.15) is 12.4 Å². The number of fused-ring (bicyclic) bond motifs is 1. The number of nitrogens with one attached hydrogen (secondary N) is 1. The van der Waals surface area contributed by atoms with Crippen LogP contribution in [-0.4, -0.2) is 43.0 Å². The van der Waals surface area contributed by atoms with Gasteiger partial charge in [0, 0.05) is 25.1 Å². The third kappa shape index (κ3) is 5.76. The number of ether oxygens (including phenoxy) is 1. The standard InChI is InChI=1S/C27H28N2O3/c30-26(13-10-21-6-2-1-3-7-21)29-17-14-23(15-18-29)27(31)28-16-19-32-25-12-11-22-8-4-5-9-24(22)20-25/h1-13,20,23H,14-19H2,(H,28,31). The van der Waals surface area contributed by atoms with E-state index in [1.54, 1.807) is 6.08 Å². The molecule has 0 bridgehead atoms. The summed E-state index contributed by atoms with van der Waals surface area (Å²) in [7, 11) is 0. The molecule has 1 fully saturated rings. The Hall–Kier alpha value is -3.60. The number of hydrogen-bond acceptors (Lipinski definition) is 3. The summed E-state index contributed by atoms with van der Waals surface area (Å²) in [6.07, 6.45) is 4.81. The third-order valence-electron chi connectivity index (χ3n) is 5.79. The summed E-state index contributed by atoms with van der Waals surface area (Å²) in [5.41, 5.74) is 1.00. The van der Waals surface area contributed by atoms with Gasteiger partial charge in [0.05, 0.1) is 6.54 Å². The summed E-state index contributed by atoms with van der Waals surface area (Å²) in [4.78, 5) is 26.7. The average molecular weight is 429 g/mol. The van der Waals surface area contributed by atoms with Gasteiger partial charge in [-0.05, 0) is 47.4 Å². The Labute approximate surface area is 188 Å². The molecular weight excluding hydrogens is 400 g/mol. The molecule has 32 heavy (non-hydrogen) atoms. The average Bonchev–Trinajstić information content (AvgIpc) is 2.85. The van der Waals surface area contributed by atoms with E-state index in [4.69, 9.17) is 4.74 Å². The lowest BCUT2D eigenvalue weighted by atomic mass is 9.96. The van der Waals surface area contributed by atoms with Crippen molar-refractivity contribution in [1.82, 2.24) is 10.2 Å². The fourth-order valence-electron chi connectivity index (χ4n) is 3.94. The van der Waals surface area contributed by atoms with Crippen LogP contribution >= 0.6 is 0 Å². The number of likely N-dealkylation sites (tertiary alicyclic amines) is 1. The van der Waals surface area contributed by atoms with Gasteiger partial charge in [-0.2, -0.15) is 0 Å². The highest BCUT2D eigenvalue weighted by Crippen LogP contribution is 2.21.